The molecule has 1 aromatic carbocycles. The van der Waals surface area contributed by atoms with Gasteiger partial charge < -0.3 is 4.74 Å². The number of nitrogens with one attached hydrogen (secondary N) is 1. The van der Waals surface area contributed by atoms with E-state index < -0.39 is 6.10 Å². The second-order valence-electron chi connectivity index (χ2n) is 5.00. The molecule has 0 aliphatic heterocycles. The van der Waals surface area contributed by atoms with Crippen molar-refractivity contribution in [3.63, 3.8) is 0 Å². The summed E-state index contributed by atoms with van der Waals surface area (Å²) in [7, 11) is 0. The van der Waals surface area contributed by atoms with Gasteiger partial charge in [-0.15, -0.1) is 10.2 Å². The van der Waals surface area contributed by atoms with Gasteiger partial charge in [0.05, 0.1) is 0 Å². The lowest BCUT2D eigenvalue weighted by molar-refractivity contribution is -0.122. The summed E-state index contributed by atoms with van der Waals surface area (Å²) in [5.74, 6) is -0.199. The average molecular weight is 355 g/mol. The Kier molecular flexibility index (Phi) is 6.35. The van der Waals surface area contributed by atoms with Crippen LogP contribution in [0.1, 0.15) is 27.2 Å². The van der Waals surface area contributed by atoms with Crippen molar-refractivity contribution >= 4 is 34.1 Å². The van der Waals surface area contributed by atoms with Crippen LogP contribution in [0.5, 0.6) is 5.75 Å². The summed E-state index contributed by atoms with van der Waals surface area (Å²) < 4.78 is 19.3. The van der Waals surface area contributed by atoms with Gasteiger partial charge in [-0.25, -0.2) is 4.39 Å². The summed E-state index contributed by atoms with van der Waals surface area (Å²) in [6, 6.07) is 5.57. The minimum atomic E-state index is -0.675. The van der Waals surface area contributed by atoms with E-state index in [0.29, 0.717) is 22.6 Å². The Bertz CT molecular complexity index is 646. The first-order chi connectivity index (χ1) is 11.0. The summed E-state index contributed by atoms with van der Waals surface area (Å²) >= 11 is 2.92. The van der Waals surface area contributed by atoms with Crippen LogP contribution in [0.2, 0.25) is 0 Å². The van der Waals surface area contributed by atoms with Crippen LogP contribution in [0.4, 0.5) is 9.52 Å². The van der Waals surface area contributed by atoms with E-state index in [0.717, 1.165) is 4.34 Å². The first-order valence-electron chi connectivity index (χ1n) is 7.21. The molecule has 0 spiro atoms. The highest BCUT2D eigenvalue weighted by atomic mass is 32.2. The fraction of sp³-hybridized carbons (Fsp3) is 0.400. The summed E-state index contributed by atoms with van der Waals surface area (Å²) in [5.41, 5.74) is 0. The van der Waals surface area contributed by atoms with Gasteiger partial charge in [0, 0.05) is 5.25 Å². The Balaban J connectivity index is 1.96. The topological polar surface area (TPSA) is 64.1 Å². The molecule has 0 bridgehead atoms. The second kappa shape index (κ2) is 8.26. The number of aromatic nitrogens is 2. The maximum atomic E-state index is 12.9. The highest BCUT2D eigenvalue weighted by molar-refractivity contribution is 8.01. The molecule has 1 atom stereocenters. The third-order valence-corrected chi connectivity index (χ3v) is 4.66. The minimum Gasteiger partial charge on any atom is -0.481 e. The van der Waals surface area contributed by atoms with Crippen LogP contribution in [-0.2, 0) is 4.79 Å². The van der Waals surface area contributed by atoms with Crippen molar-refractivity contribution < 1.29 is 13.9 Å². The van der Waals surface area contributed by atoms with Crippen molar-refractivity contribution in [3.05, 3.63) is 30.1 Å². The van der Waals surface area contributed by atoms with E-state index in [4.69, 9.17) is 4.74 Å². The molecule has 0 aliphatic carbocycles. The largest absolute Gasteiger partial charge is 0.481 e. The quantitative estimate of drug-likeness (QED) is 0.601. The molecule has 23 heavy (non-hydrogen) atoms. The molecular formula is C15H18FN3O2S2. The third-order valence-electron chi connectivity index (χ3n) is 2.73. The molecular weight excluding hydrogens is 337 g/mol. The normalized spacial score (nSPS) is 12.2. The number of anilines is 1. The van der Waals surface area contributed by atoms with E-state index in [1.54, 1.807) is 11.8 Å². The first-order valence-corrected chi connectivity index (χ1v) is 8.90. The summed E-state index contributed by atoms with van der Waals surface area (Å²) in [6.07, 6.45) is -0.194. The Morgan fingerprint density at radius 1 is 1.35 bits per heavy atom. The fourth-order valence-electron chi connectivity index (χ4n) is 1.70. The number of ether oxygens (including phenoxy) is 1. The lowest BCUT2D eigenvalue weighted by Crippen LogP contribution is -2.32. The maximum Gasteiger partial charge on any atom is 0.267 e. The number of carbonyl (C=O) groups excluding carboxylic acids is 1. The molecule has 0 fully saturated rings. The summed E-state index contributed by atoms with van der Waals surface area (Å²) in [6.45, 7) is 5.97. The van der Waals surface area contributed by atoms with Gasteiger partial charge in [-0.05, 0) is 30.7 Å². The number of hydrogen-bond donors (Lipinski definition) is 1. The van der Waals surface area contributed by atoms with Crippen molar-refractivity contribution in [2.75, 3.05) is 5.32 Å². The number of nitrogens with zero attached hydrogens (tertiary/aromatic N) is 2. The summed E-state index contributed by atoms with van der Waals surface area (Å²) in [4.78, 5) is 12.3. The number of halogens is 1. The van der Waals surface area contributed by atoms with E-state index in [9.17, 15) is 9.18 Å². The lowest BCUT2D eigenvalue weighted by Gasteiger charge is -2.16. The zero-order chi connectivity index (χ0) is 16.8. The van der Waals surface area contributed by atoms with E-state index in [1.165, 1.54) is 35.6 Å². The molecule has 0 aliphatic rings. The van der Waals surface area contributed by atoms with Crippen LogP contribution in [0, 0.1) is 5.82 Å². The van der Waals surface area contributed by atoms with Crippen LogP contribution in [-0.4, -0.2) is 27.5 Å². The van der Waals surface area contributed by atoms with Crippen LogP contribution < -0.4 is 10.1 Å². The van der Waals surface area contributed by atoms with Crippen LogP contribution >= 0.6 is 23.1 Å². The molecule has 2 rings (SSSR count). The molecule has 1 N–H and O–H groups in total. The number of hydrogen-bond acceptors (Lipinski definition) is 6. The number of amides is 1. The van der Waals surface area contributed by atoms with Gasteiger partial charge in [0.15, 0.2) is 10.4 Å². The molecule has 0 saturated heterocycles. The molecule has 0 saturated carbocycles. The van der Waals surface area contributed by atoms with E-state index in [-0.39, 0.29) is 11.7 Å². The molecule has 5 nitrogen and oxygen atoms in total. The SMILES string of the molecule is CCC(Oc1ccc(F)cc1)C(=O)Nc1nnc(SC(C)C)s1. The highest BCUT2D eigenvalue weighted by Crippen LogP contribution is 2.28. The number of thioether (sulfide) groups is 1. The van der Waals surface area contributed by atoms with Crippen molar-refractivity contribution in [3.8, 4) is 5.75 Å². The van der Waals surface area contributed by atoms with Crippen molar-refractivity contribution in [2.45, 2.75) is 42.9 Å². The molecule has 1 unspecified atom stereocenters. The Hall–Kier alpha value is -1.67. The van der Waals surface area contributed by atoms with Gasteiger partial charge in [0.2, 0.25) is 5.13 Å². The maximum absolute atomic E-state index is 12.9. The van der Waals surface area contributed by atoms with Crippen LogP contribution in [0.25, 0.3) is 0 Å². The van der Waals surface area contributed by atoms with E-state index >= 15 is 0 Å². The zero-order valence-electron chi connectivity index (χ0n) is 13.1. The van der Waals surface area contributed by atoms with Crippen LogP contribution in [0.15, 0.2) is 28.6 Å². The molecule has 0 radical (unpaired) electrons. The monoisotopic (exact) mass is 355 g/mol. The Morgan fingerprint density at radius 2 is 2.04 bits per heavy atom. The smallest absolute Gasteiger partial charge is 0.267 e. The van der Waals surface area contributed by atoms with Gasteiger partial charge in [-0.1, -0.05) is 43.9 Å². The highest BCUT2D eigenvalue weighted by Gasteiger charge is 2.20. The van der Waals surface area contributed by atoms with Crippen LogP contribution in [0.3, 0.4) is 0 Å². The molecule has 1 aromatic heterocycles. The molecule has 2 aromatic rings. The number of rotatable bonds is 7. The lowest BCUT2D eigenvalue weighted by atomic mass is 10.2. The third kappa shape index (κ3) is 5.47. The molecule has 8 heteroatoms. The van der Waals surface area contributed by atoms with Crippen molar-refractivity contribution in [2.24, 2.45) is 0 Å². The van der Waals surface area contributed by atoms with E-state index in [1.807, 2.05) is 6.92 Å². The second-order valence-corrected chi connectivity index (χ2v) is 7.80. The van der Waals surface area contributed by atoms with Gasteiger partial charge in [0.25, 0.3) is 5.91 Å². The number of benzene rings is 1. The van der Waals surface area contributed by atoms with Gasteiger partial charge in [-0.2, -0.15) is 0 Å². The predicted molar refractivity (Wildman–Crippen MR) is 90.6 cm³/mol. The minimum absolute atomic E-state index is 0.297. The standard InChI is InChI=1S/C15H18FN3O2S2/c1-4-12(21-11-7-5-10(16)6-8-11)13(20)17-14-18-19-15(23-14)22-9(2)3/h5-9,12H,4H2,1-3H3,(H,17,18,20). The number of carbonyl (C=O) groups is 1. The molecule has 1 heterocycles. The Labute approximate surface area is 142 Å². The van der Waals surface area contributed by atoms with Gasteiger partial charge in [-0.3, -0.25) is 10.1 Å². The van der Waals surface area contributed by atoms with Gasteiger partial charge >= 0.3 is 0 Å². The molecule has 124 valence electrons. The zero-order valence-corrected chi connectivity index (χ0v) is 14.7. The van der Waals surface area contributed by atoms with Gasteiger partial charge in [0.1, 0.15) is 11.6 Å². The first kappa shape index (κ1) is 17.7. The fourth-order valence-corrected chi connectivity index (χ4v) is 3.67. The van der Waals surface area contributed by atoms with Crippen molar-refractivity contribution in [1.29, 1.82) is 0 Å². The average Bonchev–Trinajstić information content (AvgIpc) is 2.92. The van der Waals surface area contributed by atoms with E-state index in [2.05, 4.69) is 29.4 Å². The van der Waals surface area contributed by atoms with Crippen molar-refractivity contribution in [1.82, 2.24) is 10.2 Å². The predicted octanol–water partition coefficient (Wildman–Crippen LogP) is 3.97. The Morgan fingerprint density at radius 3 is 2.65 bits per heavy atom. The summed E-state index contributed by atoms with van der Waals surface area (Å²) in [5, 5.41) is 11.5. The molecule has 1 amide bonds.